The van der Waals surface area contributed by atoms with Gasteiger partial charge in [-0.15, -0.1) is 0 Å². The van der Waals surface area contributed by atoms with Gasteiger partial charge in [0.1, 0.15) is 5.75 Å². The van der Waals surface area contributed by atoms with Gasteiger partial charge in [0.15, 0.2) is 0 Å². The summed E-state index contributed by atoms with van der Waals surface area (Å²) >= 11 is 5.84. The maximum Gasteiger partial charge on any atom is 0.329 e. The molecule has 0 aromatic heterocycles. The number of phenolic OH excluding ortho intramolecular Hbond substituents is 1. The molecule has 9 heteroatoms. The highest BCUT2D eigenvalue weighted by Gasteiger charge is 2.17. The van der Waals surface area contributed by atoms with E-state index in [4.69, 9.17) is 11.6 Å². The van der Waals surface area contributed by atoms with Crippen molar-refractivity contribution in [3.8, 4) is 5.75 Å². The van der Waals surface area contributed by atoms with Crippen molar-refractivity contribution in [3.63, 3.8) is 0 Å². The fourth-order valence-corrected chi connectivity index (χ4v) is 2.65. The first kappa shape index (κ1) is 21.5. The lowest BCUT2D eigenvalue weighted by Gasteiger charge is -2.11. The van der Waals surface area contributed by atoms with Crippen LogP contribution in [-0.2, 0) is 9.59 Å². The molecule has 0 unspecified atom stereocenters. The summed E-state index contributed by atoms with van der Waals surface area (Å²) in [7, 11) is 0. The number of halogens is 1. The molecule has 0 saturated heterocycles. The number of carbonyl (C=O) groups excluding carboxylic acids is 3. The number of hydrogen-bond acceptors (Lipinski definition) is 5. The zero-order valence-corrected chi connectivity index (χ0v) is 16.8. The summed E-state index contributed by atoms with van der Waals surface area (Å²) in [5, 5.41) is 18.7. The van der Waals surface area contributed by atoms with Crippen molar-refractivity contribution in [1.29, 1.82) is 0 Å². The maximum atomic E-state index is 12.6. The average Bonchev–Trinajstić information content (AvgIpc) is 2.75. The Hall–Kier alpha value is -4.17. The van der Waals surface area contributed by atoms with Gasteiger partial charge in [-0.05, 0) is 54.1 Å². The van der Waals surface area contributed by atoms with Crippen LogP contribution >= 0.6 is 11.6 Å². The van der Waals surface area contributed by atoms with Gasteiger partial charge in [0, 0.05) is 10.7 Å². The number of hydrazone groups is 1. The van der Waals surface area contributed by atoms with Crippen LogP contribution in [0.25, 0.3) is 0 Å². The molecule has 3 aromatic carbocycles. The van der Waals surface area contributed by atoms with Crippen molar-refractivity contribution in [3.05, 3.63) is 88.9 Å². The second kappa shape index (κ2) is 10.0. The van der Waals surface area contributed by atoms with E-state index in [9.17, 15) is 19.5 Å². The van der Waals surface area contributed by atoms with E-state index in [1.165, 1.54) is 30.5 Å². The van der Waals surface area contributed by atoms with Crippen LogP contribution in [0.15, 0.2) is 77.9 Å². The number of para-hydroxylation sites is 1. The molecule has 31 heavy (non-hydrogen) atoms. The Morgan fingerprint density at radius 2 is 1.61 bits per heavy atom. The van der Waals surface area contributed by atoms with Gasteiger partial charge in [-0.1, -0.05) is 35.9 Å². The molecule has 0 spiro atoms. The van der Waals surface area contributed by atoms with E-state index in [2.05, 4.69) is 21.2 Å². The number of benzene rings is 3. The number of nitrogens with zero attached hydrogens (tertiary/aromatic N) is 1. The lowest BCUT2D eigenvalue weighted by atomic mass is 10.1. The van der Waals surface area contributed by atoms with Crippen LogP contribution in [0.5, 0.6) is 5.75 Å². The first-order valence-electron chi connectivity index (χ1n) is 9.02. The fraction of sp³-hybridized carbons (Fsp3) is 0. The summed E-state index contributed by atoms with van der Waals surface area (Å²) in [6, 6.07) is 19.0. The minimum atomic E-state index is -1.02. The van der Waals surface area contributed by atoms with Crippen molar-refractivity contribution in [2.45, 2.75) is 0 Å². The molecule has 0 saturated carbocycles. The third-order valence-electron chi connectivity index (χ3n) is 3.98. The van der Waals surface area contributed by atoms with E-state index in [0.717, 1.165) is 0 Å². The number of phenols is 1. The van der Waals surface area contributed by atoms with E-state index < -0.39 is 17.7 Å². The van der Waals surface area contributed by atoms with Crippen molar-refractivity contribution in [2.24, 2.45) is 5.10 Å². The van der Waals surface area contributed by atoms with E-state index in [1.807, 2.05) is 0 Å². The maximum absolute atomic E-state index is 12.6. The van der Waals surface area contributed by atoms with E-state index >= 15 is 0 Å². The normalized spacial score (nSPS) is 10.5. The molecule has 3 rings (SSSR count). The molecule has 0 aliphatic rings. The van der Waals surface area contributed by atoms with Gasteiger partial charge in [-0.25, -0.2) is 5.43 Å². The van der Waals surface area contributed by atoms with Gasteiger partial charge in [-0.2, -0.15) is 5.10 Å². The summed E-state index contributed by atoms with van der Waals surface area (Å²) in [6.45, 7) is 0. The molecule has 0 atom stereocenters. The third kappa shape index (κ3) is 6.15. The number of nitrogens with one attached hydrogen (secondary N) is 3. The molecular formula is C22H17ClN4O4. The minimum absolute atomic E-state index is 0.0431. The predicted octanol–water partition coefficient (Wildman–Crippen LogP) is 3.39. The van der Waals surface area contributed by atoms with Gasteiger partial charge in [0.25, 0.3) is 5.91 Å². The van der Waals surface area contributed by atoms with Crippen LogP contribution < -0.4 is 16.1 Å². The quantitative estimate of drug-likeness (QED) is 0.278. The van der Waals surface area contributed by atoms with Crippen LogP contribution in [0, 0.1) is 0 Å². The molecule has 0 radical (unpaired) electrons. The number of aromatic hydroxyl groups is 1. The van der Waals surface area contributed by atoms with Crippen LogP contribution in [0.1, 0.15) is 15.9 Å². The number of carbonyl (C=O) groups is 3. The highest BCUT2D eigenvalue weighted by atomic mass is 35.5. The summed E-state index contributed by atoms with van der Waals surface area (Å²) < 4.78 is 0. The largest absolute Gasteiger partial charge is 0.508 e. The summed E-state index contributed by atoms with van der Waals surface area (Å²) in [5.41, 5.74) is 3.47. The van der Waals surface area contributed by atoms with Gasteiger partial charge >= 0.3 is 11.8 Å². The lowest BCUT2D eigenvalue weighted by molar-refractivity contribution is -0.136. The van der Waals surface area contributed by atoms with Crippen LogP contribution in [0.4, 0.5) is 11.4 Å². The number of anilines is 2. The van der Waals surface area contributed by atoms with Crippen molar-refractivity contribution in [1.82, 2.24) is 5.43 Å². The number of hydrogen-bond donors (Lipinski definition) is 4. The van der Waals surface area contributed by atoms with E-state index in [1.54, 1.807) is 48.5 Å². The van der Waals surface area contributed by atoms with Crippen LogP contribution in [0.2, 0.25) is 5.02 Å². The molecule has 0 fully saturated rings. The smallest absolute Gasteiger partial charge is 0.329 e. The lowest BCUT2D eigenvalue weighted by Crippen LogP contribution is -2.33. The number of amides is 3. The Bertz CT molecular complexity index is 1150. The number of rotatable bonds is 5. The standard InChI is InChI=1S/C22H17ClN4O4/c23-15-8-10-16(11-9-15)25-20(29)18-6-1-2-7-19(18)26-21(30)22(31)27-24-13-14-4-3-5-17(28)12-14/h1-13,28H,(H,25,29)(H,26,30)(H,27,31). The monoisotopic (exact) mass is 436 g/mol. The Morgan fingerprint density at radius 3 is 2.35 bits per heavy atom. The molecule has 0 bridgehead atoms. The van der Waals surface area contributed by atoms with Gasteiger partial charge in [0.05, 0.1) is 17.5 Å². The summed E-state index contributed by atoms with van der Waals surface area (Å²) in [4.78, 5) is 36.8. The first-order chi connectivity index (χ1) is 14.9. The summed E-state index contributed by atoms with van der Waals surface area (Å²) in [6.07, 6.45) is 1.28. The molecule has 0 heterocycles. The molecular weight excluding hydrogens is 420 g/mol. The zero-order chi connectivity index (χ0) is 22.2. The molecule has 4 N–H and O–H groups in total. The molecule has 156 valence electrons. The Morgan fingerprint density at radius 1 is 0.871 bits per heavy atom. The Labute approximate surface area is 182 Å². The Balaban J connectivity index is 1.63. The topological polar surface area (TPSA) is 120 Å². The van der Waals surface area contributed by atoms with E-state index in [-0.39, 0.29) is 17.0 Å². The SMILES string of the molecule is O=C(NN=Cc1cccc(O)c1)C(=O)Nc1ccccc1C(=O)Nc1ccc(Cl)cc1. The second-order valence-corrected chi connectivity index (χ2v) is 6.69. The molecule has 0 aliphatic heterocycles. The molecule has 3 amide bonds. The second-order valence-electron chi connectivity index (χ2n) is 6.25. The molecule has 0 aliphatic carbocycles. The van der Waals surface area contributed by atoms with Crippen molar-refractivity contribution < 1.29 is 19.5 Å². The minimum Gasteiger partial charge on any atom is -0.508 e. The molecule has 3 aromatic rings. The third-order valence-corrected chi connectivity index (χ3v) is 4.23. The van der Waals surface area contributed by atoms with E-state index in [0.29, 0.717) is 16.3 Å². The summed E-state index contributed by atoms with van der Waals surface area (Å²) in [5.74, 6) is -2.45. The Kier molecular flexibility index (Phi) is 6.97. The van der Waals surface area contributed by atoms with Crippen LogP contribution in [-0.4, -0.2) is 29.0 Å². The van der Waals surface area contributed by atoms with Gasteiger partial charge < -0.3 is 15.7 Å². The highest BCUT2D eigenvalue weighted by molar-refractivity contribution is 6.40. The van der Waals surface area contributed by atoms with Gasteiger partial charge in [0.2, 0.25) is 0 Å². The fourth-order valence-electron chi connectivity index (χ4n) is 2.52. The molecule has 8 nitrogen and oxygen atoms in total. The van der Waals surface area contributed by atoms with Crippen molar-refractivity contribution >= 4 is 46.9 Å². The zero-order valence-electron chi connectivity index (χ0n) is 16.0. The average molecular weight is 437 g/mol. The first-order valence-corrected chi connectivity index (χ1v) is 9.39. The van der Waals surface area contributed by atoms with Crippen molar-refractivity contribution in [2.75, 3.05) is 10.6 Å². The van der Waals surface area contributed by atoms with Gasteiger partial charge in [-0.3, -0.25) is 14.4 Å². The highest BCUT2D eigenvalue weighted by Crippen LogP contribution is 2.19. The van der Waals surface area contributed by atoms with Crippen LogP contribution in [0.3, 0.4) is 0 Å². The predicted molar refractivity (Wildman–Crippen MR) is 118 cm³/mol.